The topological polar surface area (TPSA) is 61.8 Å². The Labute approximate surface area is 115 Å². The SMILES string of the molecule is C=CC(=O)OCCC.C=CC(=O)OCCOCCC. The highest BCUT2D eigenvalue weighted by atomic mass is 16.6. The van der Waals surface area contributed by atoms with Gasteiger partial charge < -0.3 is 14.2 Å². The summed E-state index contributed by atoms with van der Waals surface area (Å²) in [7, 11) is 0. The molecule has 0 saturated heterocycles. The zero-order valence-electron chi connectivity index (χ0n) is 11.9. The minimum atomic E-state index is -0.398. The number of ether oxygens (including phenoxy) is 3. The summed E-state index contributed by atoms with van der Waals surface area (Å²) >= 11 is 0. The summed E-state index contributed by atoms with van der Waals surface area (Å²) in [5.74, 6) is -0.739. The highest BCUT2D eigenvalue weighted by molar-refractivity contribution is 5.81. The maximum absolute atomic E-state index is 10.4. The van der Waals surface area contributed by atoms with E-state index < -0.39 is 5.97 Å². The Morgan fingerprint density at radius 1 is 0.842 bits per heavy atom. The van der Waals surface area contributed by atoms with Crippen molar-refractivity contribution in [3.05, 3.63) is 25.3 Å². The normalized spacial score (nSPS) is 8.74. The third kappa shape index (κ3) is 18.9. The van der Waals surface area contributed by atoms with E-state index in [4.69, 9.17) is 4.74 Å². The van der Waals surface area contributed by atoms with Gasteiger partial charge in [-0.05, 0) is 12.8 Å². The van der Waals surface area contributed by atoms with Gasteiger partial charge in [-0.3, -0.25) is 0 Å². The van der Waals surface area contributed by atoms with Gasteiger partial charge in [-0.2, -0.15) is 0 Å². The van der Waals surface area contributed by atoms with Crippen LogP contribution in [0.2, 0.25) is 0 Å². The first-order valence-electron chi connectivity index (χ1n) is 6.28. The molecule has 0 amide bonds. The van der Waals surface area contributed by atoms with Crippen LogP contribution in [0.1, 0.15) is 26.7 Å². The molecule has 0 bridgehead atoms. The summed E-state index contributed by atoms with van der Waals surface area (Å²) in [6.07, 6.45) is 4.14. The van der Waals surface area contributed by atoms with E-state index >= 15 is 0 Å². The first kappa shape index (κ1) is 19.7. The van der Waals surface area contributed by atoms with Gasteiger partial charge in [-0.15, -0.1) is 0 Å². The summed E-state index contributed by atoms with van der Waals surface area (Å²) in [5, 5.41) is 0. The number of rotatable bonds is 9. The fraction of sp³-hybridized carbons (Fsp3) is 0.571. The van der Waals surface area contributed by atoms with Crippen LogP contribution in [0.4, 0.5) is 0 Å². The Kier molecular flexibility index (Phi) is 17.0. The molecule has 0 spiro atoms. The van der Waals surface area contributed by atoms with E-state index in [2.05, 4.69) is 22.6 Å². The molecule has 0 unspecified atom stereocenters. The van der Waals surface area contributed by atoms with Gasteiger partial charge >= 0.3 is 11.9 Å². The van der Waals surface area contributed by atoms with E-state index in [1.165, 1.54) is 0 Å². The summed E-state index contributed by atoms with van der Waals surface area (Å²) in [5.41, 5.74) is 0. The third-order valence-electron chi connectivity index (χ3n) is 1.60. The molecule has 0 aliphatic carbocycles. The van der Waals surface area contributed by atoms with Crippen LogP contribution in [0.5, 0.6) is 0 Å². The van der Waals surface area contributed by atoms with Crippen molar-refractivity contribution in [2.45, 2.75) is 26.7 Å². The van der Waals surface area contributed by atoms with Crippen LogP contribution < -0.4 is 0 Å². The lowest BCUT2D eigenvalue weighted by molar-refractivity contribution is -0.139. The molecule has 0 aliphatic rings. The molecule has 110 valence electrons. The van der Waals surface area contributed by atoms with Crippen molar-refractivity contribution in [3.8, 4) is 0 Å². The molecule has 0 radical (unpaired) electrons. The van der Waals surface area contributed by atoms with Crippen molar-refractivity contribution in [1.29, 1.82) is 0 Å². The summed E-state index contributed by atoms with van der Waals surface area (Å²) < 4.78 is 14.3. The quantitative estimate of drug-likeness (QED) is 0.366. The molecule has 5 heteroatoms. The van der Waals surface area contributed by atoms with Crippen LogP contribution in [0.25, 0.3) is 0 Å². The molecule has 19 heavy (non-hydrogen) atoms. The number of esters is 2. The van der Waals surface area contributed by atoms with Gasteiger partial charge in [0.05, 0.1) is 13.2 Å². The molecule has 5 nitrogen and oxygen atoms in total. The first-order valence-corrected chi connectivity index (χ1v) is 6.28. The molecular weight excluding hydrogens is 248 g/mol. The maximum Gasteiger partial charge on any atom is 0.330 e. The van der Waals surface area contributed by atoms with E-state index in [9.17, 15) is 9.59 Å². The first-order chi connectivity index (χ1) is 9.12. The van der Waals surface area contributed by atoms with E-state index in [0.29, 0.717) is 26.4 Å². The largest absolute Gasteiger partial charge is 0.463 e. The van der Waals surface area contributed by atoms with Gasteiger partial charge in [0.1, 0.15) is 6.61 Å². The predicted molar refractivity (Wildman–Crippen MR) is 73.7 cm³/mol. The zero-order chi connectivity index (χ0) is 14.9. The van der Waals surface area contributed by atoms with Crippen LogP contribution >= 0.6 is 0 Å². The fourth-order valence-electron chi connectivity index (χ4n) is 0.768. The summed E-state index contributed by atoms with van der Waals surface area (Å²) in [6.45, 7) is 12.4. The average molecular weight is 272 g/mol. The van der Waals surface area contributed by atoms with Crippen LogP contribution in [0.15, 0.2) is 25.3 Å². The second-order valence-corrected chi connectivity index (χ2v) is 3.36. The lowest BCUT2D eigenvalue weighted by Gasteiger charge is -2.01. The van der Waals surface area contributed by atoms with Gasteiger partial charge in [-0.25, -0.2) is 9.59 Å². The standard InChI is InChI=1S/C8H14O3.C6H10O2/c1-3-5-10-6-7-11-8(9)4-2;1-3-5-8-6(7)4-2/h4H,2-3,5-7H2,1H3;4H,2-3,5H2,1H3. The molecule has 0 aromatic heterocycles. The second-order valence-electron chi connectivity index (χ2n) is 3.36. The monoisotopic (exact) mass is 272 g/mol. The van der Waals surface area contributed by atoms with Gasteiger partial charge in [0, 0.05) is 18.8 Å². The Hall–Kier alpha value is -1.62. The molecular formula is C14H24O5. The van der Waals surface area contributed by atoms with Gasteiger partial charge in [0.2, 0.25) is 0 Å². The molecule has 0 aromatic rings. The van der Waals surface area contributed by atoms with Gasteiger partial charge in [-0.1, -0.05) is 27.0 Å². The fourth-order valence-corrected chi connectivity index (χ4v) is 0.768. The van der Waals surface area contributed by atoms with Gasteiger partial charge in [0.15, 0.2) is 0 Å². The second kappa shape index (κ2) is 16.4. The van der Waals surface area contributed by atoms with Crippen molar-refractivity contribution in [2.24, 2.45) is 0 Å². The smallest absolute Gasteiger partial charge is 0.330 e. The minimum absolute atomic E-state index is 0.310. The Balaban J connectivity index is 0. The Morgan fingerprint density at radius 3 is 1.74 bits per heavy atom. The highest BCUT2D eigenvalue weighted by Crippen LogP contribution is 1.83. The van der Waals surface area contributed by atoms with Crippen LogP contribution in [0.3, 0.4) is 0 Å². The molecule has 0 rings (SSSR count). The Bertz CT molecular complexity index is 261. The third-order valence-corrected chi connectivity index (χ3v) is 1.60. The number of carbonyl (C=O) groups is 2. The van der Waals surface area contributed by atoms with Crippen molar-refractivity contribution < 1.29 is 23.8 Å². The molecule has 0 aliphatic heterocycles. The molecule has 0 aromatic carbocycles. The highest BCUT2D eigenvalue weighted by Gasteiger charge is 1.93. The summed E-state index contributed by atoms with van der Waals surface area (Å²) in [4.78, 5) is 20.7. The van der Waals surface area contributed by atoms with E-state index in [1.807, 2.05) is 13.8 Å². The van der Waals surface area contributed by atoms with Gasteiger partial charge in [0.25, 0.3) is 0 Å². The van der Waals surface area contributed by atoms with E-state index in [-0.39, 0.29) is 5.97 Å². The minimum Gasteiger partial charge on any atom is -0.463 e. The predicted octanol–water partition coefficient (Wildman–Crippen LogP) is 2.27. The molecule has 0 N–H and O–H groups in total. The van der Waals surface area contributed by atoms with Crippen molar-refractivity contribution in [3.63, 3.8) is 0 Å². The molecule has 0 atom stereocenters. The van der Waals surface area contributed by atoms with Crippen molar-refractivity contribution >= 4 is 11.9 Å². The van der Waals surface area contributed by atoms with E-state index in [1.54, 1.807) is 0 Å². The van der Waals surface area contributed by atoms with Crippen molar-refractivity contribution in [1.82, 2.24) is 0 Å². The van der Waals surface area contributed by atoms with Crippen LogP contribution in [-0.2, 0) is 23.8 Å². The lowest BCUT2D eigenvalue weighted by atomic mass is 10.5. The van der Waals surface area contributed by atoms with Crippen LogP contribution in [0, 0.1) is 0 Å². The number of carbonyl (C=O) groups excluding carboxylic acids is 2. The lowest BCUT2D eigenvalue weighted by Crippen LogP contribution is -2.08. The number of hydrogen-bond donors (Lipinski definition) is 0. The molecule has 0 saturated carbocycles. The van der Waals surface area contributed by atoms with Crippen LogP contribution in [-0.4, -0.2) is 38.4 Å². The molecule has 0 heterocycles. The maximum atomic E-state index is 10.4. The van der Waals surface area contributed by atoms with Crippen molar-refractivity contribution in [2.75, 3.05) is 26.4 Å². The number of hydrogen-bond acceptors (Lipinski definition) is 5. The summed E-state index contributed by atoms with van der Waals surface area (Å²) in [6, 6.07) is 0. The Morgan fingerprint density at radius 2 is 1.32 bits per heavy atom. The molecule has 0 fully saturated rings. The van der Waals surface area contributed by atoms with E-state index in [0.717, 1.165) is 25.0 Å². The zero-order valence-corrected chi connectivity index (χ0v) is 11.9. The average Bonchev–Trinajstić information content (AvgIpc) is 2.44.